The molecule has 39 heavy (non-hydrogen) atoms. The average molecular weight is 564 g/mol. The van der Waals surface area contributed by atoms with E-state index in [1.165, 1.54) is 32.0 Å². The molecule has 0 atom stereocenters. The standard InChI is InChI=1S/C29H29ClF3NO5/c1-28(2,27(36)37)39-23-11-8-21(9-12-23)20-6-4-19(5-7-20)14-16-34-26(35)24-18-22(30)10-13-25(24)38-17-3-15-29(31,32)33/h4-13,18H,3,14-17H2,1-2H3,(H,34,35)(H,36,37). The van der Waals surface area contributed by atoms with Gasteiger partial charge in [-0.1, -0.05) is 48.0 Å². The zero-order valence-corrected chi connectivity index (χ0v) is 22.2. The van der Waals surface area contributed by atoms with Crippen molar-refractivity contribution in [3.05, 3.63) is 82.9 Å². The first-order valence-corrected chi connectivity index (χ1v) is 12.6. The van der Waals surface area contributed by atoms with Gasteiger partial charge in [-0.05, 0) is 73.7 Å². The average Bonchev–Trinajstić information content (AvgIpc) is 2.87. The predicted molar refractivity (Wildman–Crippen MR) is 142 cm³/mol. The maximum absolute atomic E-state index is 12.7. The molecule has 0 aliphatic heterocycles. The van der Waals surface area contributed by atoms with Crippen LogP contribution in [0, 0.1) is 0 Å². The van der Waals surface area contributed by atoms with Crippen molar-refractivity contribution in [2.75, 3.05) is 13.2 Å². The summed E-state index contributed by atoms with van der Waals surface area (Å²) in [4.78, 5) is 24.0. The zero-order chi connectivity index (χ0) is 28.6. The molecule has 3 aromatic carbocycles. The largest absolute Gasteiger partial charge is 0.493 e. The second kappa shape index (κ2) is 12.9. The van der Waals surface area contributed by atoms with Crippen molar-refractivity contribution in [1.82, 2.24) is 5.32 Å². The number of amides is 1. The summed E-state index contributed by atoms with van der Waals surface area (Å²) in [5.41, 5.74) is 1.69. The Labute approximate surface area is 229 Å². The molecule has 10 heteroatoms. The molecule has 0 radical (unpaired) electrons. The molecule has 3 rings (SSSR count). The summed E-state index contributed by atoms with van der Waals surface area (Å²) in [7, 11) is 0. The molecular formula is C29H29ClF3NO5. The van der Waals surface area contributed by atoms with Gasteiger partial charge in [-0.15, -0.1) is 0 Å². The van der Waals surface area contributed by atoms with Gasteiger partial charge in [0.25, 0.3) is 5.91 Å². The van der Waals surface area contributed by atoms with Crippen LogP contribution in [0.5, 0.6) is 11.5 Å². The Bertz CT molecular complexity index is 1280. The van der Waals surface area contributed by atoms with Crippen LogP contribution in [-0.4, -0.2) is 41.9 Å². The Kier molecular flexibility index (Phi) is 9.86. The van der Waals surface area contributed by atoms with Crippen LogP contribution in [0.15, 0.2) is 66.7 Å². The lowest BCUT2D eigenvalue weighted by molar-refractivity contribution is -0.152. The molecule has 0 unspecified atom stereocenters. The van der Waals surface area contributed by atoms with Crippen molar-refractivity contribution in [2.45, 2.75) is 44.9 Å². The molecule has 0 aromatic heterocycles. The van der Waals surface area contributed by atoms with E-state index < -0.39 is 30.1 Å². The monoisotopic (exact) mass is 563 g/mol. The SMILES string of the molecule is CC(C)(Oc1ccc(-c2ccc(CCNC(=O)c3cc(Cl)ccc3OCCCC(F)(F)F)cc2)cc1)C(=O)O. The normalized spacial score (nSPS) is 11.6. The van der Waals surface area contributed by atoms with Crippen molar-refractivity contribution >= 4 is 23.5 Å². The van der Waals surface area contributed by atoms with E-state index >= 15 is 0 Å². The predicted octanol–water partition coefficient (Wildman–Crippen LogP) is 6.94. The smallest absolute Gasteiger partial charge is 0.389 e. The minimum atomic E-state index is -4.26. The van der Waals surface area contributed by atoms with E-state index in [1.54, 1.807) is 12.1 Å². The van der Waals surface area contributed by atoms with Crippen molar-refractivity contribution < 1.29 is 37.3 Å². The summed E-state index contributed by atoms with van der Waals surface area (Å²) in [6.45, 7) is 3.11. The molecule has 0 bridgehead atoms. The topological polar surface area (TPSA) is 84.9 Å². The van der Waals surface area contributed by atoms with Crippen molar-refractivity contribution in [3.63, 3.8) is 0 Å². The number of ether oxygens (including phenoxy) is 2. The van der Waals surface area contributed by atoms with E-state index in [2.05, 4.69) is 5.32 Å². The van der Waals surface area contributed by atoms with Crippen LogP contribution < -0.4 is 14.8 Å². The highest BCUT2D eigenvalue weighted by Gasteiger charge is 2.29. The Hall–Kier alpha value is -3.72. The van der Waals surface area contributed by atoms with Crippen LogP contribution in [0.1, 0.15) is 42.6 Å². The lowest BCUT2D eigenvalue weighted by atomic mass is 10.0. The first-order valence-electron chi connectivity index (χ1n) is 12.2. The first-order chi connectivity index (χ1) is 18.3. The molecule has 0 saturated heterocycles. The number of benzene rings is 3. The van der Waals surface area contributed by atoms with Crippen LogP contribution in [-0.2, 0) is 11.2 Å². The quantitative estimate of drug-likeness (QED) is 0.233. The number of hydrogen-bond acceptors (Lipinski definition) is 4. The molecule has 0 spiro atoms. The van der Waals surface area contributed by atoms with Gasteiger partial charge in [-0.2, -0.15) is 13.2 Å². The van der Waals surface area contributed by atoms with Crippen molar-refractivity contribution in [2.24, 2.45) is 0 Å². The van der Waals surface area contributed by atoms with Crippen molar-refractivity contribution in [1.29, 1.82) is 0 Å². The van der Waals surface area contributed by atoms with E-state index in [0.717, 1.165) is 16.7 Å². The number of halogens is 4. The number of nitrogens with one attached hydrogen (secondary N) is 1. The van der Waals surface area contributed by atoms with E-state index in [4.69, 9.17) is 21.1 Å². The number of carbonyl (C=O) groups is 2. The fourth-order valence-electron chi connectivity index (χ4n) is 3.59. The summed E-state index contributed by atoms with van der Waals surface area (Å²) in [6.07, 6.45) is -4.90. The fourth-order valence-corrected chi connectivity index (χ4v) is 3.77. The highest BCUT2D eigenvalue weighted by Crippen LogP contribution is 2.27. The minimum absolute atomic E-state index is 0.157. The van der Waals surface area contributed by atoms with Crippen LogP contribution >= 0.6 is 11.6 Å². The summed E-state index contributed by atoms with van der Waals surface area (Å²) < 4.78 is 48.0. The van der Waals surface area contributed by atoms with E-state index in [-0.39, 0.29) is 24.3 Å². The minimum Gasteiger partial charge on any atom is -0.493 e. The van der Waals surface area contributed by atoms with Gasteiger partial charge < -0.3 is 19.9 Å². The Morgan fingerprint density at radius 3 is 2.15 bits per heavy atom. The number of aliphatic carboxylic acids is 1. The second-order valence-electron chi connectivity index (χ2n) is 9.35. The van der Waals surface area contributed by atoms with Gasteiger partial charge in [0.15, 0.2) is 5.60 Å². The van der Waals surface area contributed by atoms with Crippen LogP contribution in [0.25, 0.3) is 11.1 Å². The lowest BCUT2D eigenvalue weighted by Crippen LogP contribution is -2.37. The highest BCUT2D eigenvalue weighted by atomic mass is 35.5. The molecule has 2 N–H and O–H groups in total. The second-order valence-corrected chi connectivity index (χ2v) is 9.79. The molecule has 0 aliphatic rings. The van der Waals surface area contributed by atoms with Gasteiger partial charge in [0.2, 0.25) is 0 Å². The summed E-state index contributed by atoms with van der Waals surface area (Å²) >= 11 is 6.01. The van der Waals surface area contributed by atoms with E-state index in [0.29, 0.717) is 23.7 Å². The van der Waals surface area contributed by atoms with Gasteiger partial charge >= 0.3 is 12.1 Å². The highest BCUT2D eigenvalue weighted by molar-refractivity contribution is 6.31. The number of carboxylic acids is 1. The molecule has 3 aromatic rings. The van der Waals surface area contributed by atoms with E-state index in [1.807, 2.05) is 36.4 Å². The zero-order valence-electron chi connectivity index (χ0n) is 21.5. The molecule has 0 aliphatic carbocycles. The Balaban J connectivity index is 1.53. The van der Waals surface area contributed by atoms with Gasteiger partial charge in [0, 0.05) is 18.0 Å². The lowest BCUT2D eigenvalue weighted by Gasteiger charge is -2.21. The van der Waals surface area contributed by atoms with Gasteiger partial charge in [-0.25, -0.2) is 4.79 Å². The number of carboxylic acid groups (broad SMARTS) is 1. The van der Waals surface area contributed by atoms with Crippen LogP contribution in [0.2, 0.25) is 5.02 Å². The third-order valence-corrected chi connectivity index (χ3v) is 6.01. The van der Waals surface area contributed by atoms with E-state index in [9.17, 15) is 27.9 Å². The molecular weight excluding hydrogens is 535 g/mol. The summed E-state index contributed by atoms with van der Waals surface area (Å²) in [5, 5.41) is 12.3. The van der Waals surface area contributed by atoms with Gasteiger partial charge in [0.05, 0.1) is 12.2 Å². The molecule has 6 nitrogen and oxygen atoms in total. The Morgan fingerprint density at radius 1 is 0.949 bits per heavy atom. The summed E-state index contributed by atoms with van der Waals surface area (Å²) in [6, 6.07) is 19.3. The molecule has 208 valence electrons. The van der Waals surface area contributed by atoms with Crippen LogP contribution in [0.3, 0.4) is 0 Å². The van der Waals surface area contributed by atoms with Gasteiger partial charge in [0.1, 0.15) is 11.5 Å². The maximum atomic E-state index is 12.7. The first kappa shape index (κ1) is 29.8. The Morgan fingerprint density at radius 2 is 1.56 bits per heavy atom. The fraction of sp³-hybridized carbons (Fsp3) is 0.310. The molecule has 0 heterocycles. The maximum Gasteiger partial charge on any atom is 0.389 e. The summed E-state index contributed by atoms with van der Waals surface area (Å²) in [5.74, 6) is -0.868. The molecule has 0 fully saturated rings. The number of alkyl halides is 3. The molecule has 1 amide bonds. The number of carbonyl (C=O) groups excluding carboxylic acids is 1. The van der Waals surface area contributed by atoms with Crippen LogP contribution in [0.4, 0.5) is 13.2 Å². The molecule has 0 saturated carbocycles. The number of rotatable bonds is 12. The van der Waals surface area contributed by atoms with Gasteiger partial charge in [-0.3, -0.25) is 4.79 Å². The third-order valence-electron chi connectivity index (χ3n) is 5.78. The number of hydrogen-bond donors (Lipinski definition) is 2. The van der Waals surface area contributed by atoms with Crippen molar-refractivity contribution in [3.8, 4) is 22.6 Å². The third kappa shape index (κ3) is 9.21.